The number of nitrogens with zero attached hydrogens (tertiary/aromatic N) is 2. The Morgan fingerprint density at radius 1 is 1.22 bits per heavy atom. The minimum Gasteiger partial charge on any atom is -0.390 e. The van der Waals surface area contributed by atoms with Crippen LogP contribution in [0.25, 0.3) is 0 Å². The van der Waals surface area contributed by atoms with E-state index in [0.29, 0.717) is 44.1 Å². The Kier molecular flexibility index (Phi) is 6.30. The number of benzene rings is 1. The zero-order valence-electron chi connectivity index (χ0n) is 15.9. The lowest BCUT2D eigenvalue weighted by Crippen LogP contribution is -2.49. The molecule has 8 nitrogen and oxygen atoms in total. The number of aliphatic hydroxyl groups is 1. The van der Waals surface area contributed by atoms with Gasteiger partial charge in [0.25, 0.3) is 0 Å². The lowest BCUT2D eigenvalue weighted by Gasteiger charge is -2.33. The molecular formula is C19H28N4O4. The molecule has 2 aliphatic rings. The van der Waals surface area contributed by atoms with Crippen LogP contribution in [0.3, 0.4) is 0 Å². The molecule has 1 aromatic rings. The van der Waals surface area contributed by atoms with Gasteiger partial charge in [0, 0.05) is 37.4 Å². The first-order valence-corrected chi connectivity index (χ1v) is 9.44. The number of nitrogens with one attached hydrogen (secondary N) is 2. The van der Waals surface area contributed by atoms with Crippen LogP contribution in [0.4, 0.5) is 16.2 Å². The second-order valence-electron chi connectivity index (χ2n) is 7.05. The number of morpholine rings is 1. The first kappa shape index (κ1) is 19.6. The van der Waals surface area contributed by atoms with Gasteiger partial charge in [0.2, 0.25) is 5.91 Å². The summed E-state index contributed by atoms with van der Waals surface area (Å²) in [6.07, 6.45) is -0.170. The lowest BCUT2D eigenvalue weighted by molar-refractivity contribution is -0.115. The normalized spacial score (nSPS) is 23.3. The van der Waals surface area contributed by atoms with Crippen molar-refractivity contribution in [2.24, 2.45) is 0 Å². The van der Waals surface area contributed by atoms with Gasteiger partial charge >= 0.3 is 6.03 Å². The summed E-state index contributed by atoms with van der Waals surface area (Å²) >= 11 is 0. The third kappa shape index (κ3) is 4.77. The highest BCUT2D eigenvalue weighted by Crippen LogP contribution is 2.23. The van der Waals surface area contributed by atoms with Crippen LogP contribution in [0, 0.1) is 6.92 Å². The molecule has 148 valence electrons. The van der Waals surface area contributed by atoms with E-state index >= 15 is 0 Å². The number of ether oxygens (including phenoxy) is 1. The predicted octanol–water partition coefficient (Wildman–Crippen LogP) is 1.25. The van der Waals surface area contributed by atoms with Crippen LogP contribution in [0.5, 0.6) is 0 Å². The van der Waals surface area contributed by atoms with Gasteiger partial charge in [-0.05, 0) is 24.6 Å². The number of rotatable bonds is 4. The van der Waals surface area contributed by atoms with Crippen molar-refractivity contribution in [2.75, 3.05) is 50.0 Å². The van der Waals surface area contributed by atoms with E-state index < -0.39 is 6.10 Å². The number of urea groups is 1. The highest BCUT2D eigenvalue weighted by molar-refractivity contribution is 5.94. The molecule has 3 amide bonds. The molecule has 0 bridgehead atoms. The highest BCUT2D eigenvalue weighted by Gasteiger charge is 2.38. The van der Waals surface area contributed by atoms with E-state index in [-0.39, 0.29) is 18.0 Å². The van der Waals surface area contributed by atoms with E-state index in [2.05, 4.69) is 15.5 Å². The third-order valence-electron chi connectivity index (χ3n) is 5.14. The number of aliphatic hydroxyl groups excluding tert-OH is 1. The lowest BCUT2D eigenvalue weighted by atomic mass is 10.1. The minimum atomic E-state index is -0.564. The number of hydrogen-bond acceptors (Lipinski definition) is 5. The average molecular weight is 376 g/mol. The Morgan fingerprint density at radius 2 is 1.96 bits per heavy atom. The highest BCUT2D eigenvalue weighted by atomic mass is 16.5. The number of amides is 3. The Bertz CT molecular complexity index is 690. The van der Waals surface area contributed by atoms with Gasteiger partial charge in [-0.1, -0.05) is 13.0 Å². The number of anilines is 2. The van der Waals surface area contributed by atoms with Crippen molar-refractivity contribution in [1.29, 1.82) is 0 Å². The predicted molar refractivity (Wildman–Crippen MR) is 103 cm³/mol. The molecule has 0 saturated carbocycles. The van der Waals surface area contributed by atoms with Crippen LogP contribution in [0.15, 0.2) is 18.2 Å². The zero-order chi connectivity index (χ0) is 19.4. The van der Waals surface area contributed by atoms with Crippen LogP contribution in [0.1, 0.15) is 18.9 Å². The molecule has 3 rings (SSSR count). The molecule has 2 atom stereocenters. The molecule has 2 saturated heterocycles. The van der Waals surface area contributed by atoms with Gasteiger partial charge in [-0.25, -0.2) is 4.79 Å². The Hall–Kier alpha value is -2.16. The van der Waals surface area contributed by atoms with Gasteiger partial charge < -0.3 is 25.4 Å². The van der Waals surface area contributed by atoms with E-state index in [9.17, 15) is 14.7 Å². The summed E-state index contributed by atoms with van der Waals surface area (Å²) < 4.78 is 5.36. The van der Waals surface area contributed by atoms with Crippen molar-refractivity contribution >= 4 is 23.3 Å². The van der Waals surface area contributed by atoms with Crippen LogP contribution in [-0.4, -0.2) is 78.4 Å². The quantitative estimate of drug-likeness (QED) is 0.735. The molecule has 2 aliphatic heterocycles. The molecule has 0 radical (unpaired) electrons. The molecule has 2 fully saturated rings. The van der Waals surface area contributed by atoms with Gasteiger partial charge in [0.15, 0.2) is 0 Å². The van der Waals surface area contributed by atoms with Gasteiger partial charge in [0.05, 0.1) is 31.9 Å². The summed E-state index contributed by atoms with van der Waals surface area (Å²) in [7, 11) is 0. The van der Waals surface area contributed by atoms with Gasteiger partial charge in [-0.15, -0.1) is 0 Å². The van der Waals surface area contributed by atoms with E-state index in [4.69, 9.17) is 4.74 Å². The summed E-state index contributed by atoms with van der Waals surface area (Å²) in [5, 5.41) is 16.1. The van der Waals surface area contributed by atoms with Gasteiger partial charge in [-0.3, -0.25) is 9.69 Å². The number of hydrogen-bond donors (Lipinski definition) is 3. The number of likely N-dealkylation sites (tertiary alicyclic amines) is 1. The molecular weight excluding hydrogens is 348 g/mol. The number of aryl methyl sites for hydroxylation is 1. The third-order valence-corrected chi connectivity index (χ3v) is 5.14. The molecule has 27 heavy (non-hydrogen) atoms. The van der Waals surface area contributed by atoms with E-state index in [0.717, 1.165) is 18.7 Å². The van der Waals surface area contributed by atoms with Crippen molar-refractivity contribution < 1.29 is 19.4 Å². The largest absolute Gasteiger partial charge is 0.390 e. The smallest absolute Gasteiger partial charge is 0.321 e. The summed E-state index contributed by atoms with van der Waals surface area (Å²) in [4.78, 5) is 28.1. The monoisotopic (exact) mass is 376 g/mol. The maximum Gasteiger partial charge on any atom is 0.321 e. The van der Waals surface area contributed by atoms with Crippen LogP contribution in [0.2, 0.25) is 0 Å². The van der Waals surface area contributed by atoms with Crippen LogP contribution < -0.4 is 10.6 Å². The minimum absolute atomic E-state index is 0.0583. The average Bonchev–Trinajstić information content (AvgIpc) is 3.07. The molecule has 2 heterocycles. The van der Waals surface area contributed by atoms with Crippen molar-refractivity contribution in [3.8, 4) is 0 Å². The standard InChI is InChI=1S/C19H28N4O4/c1-3-18(25)21-15-10-14(5-4-13(15)2)20-19(26)23-11-16(17(24)12-23)22-6-8-27-9-7-22/h4-5,10,16-17,24H,3,6-9,11-12H2,1-2H3,(H,20,26)(H,21,25)/t16-,17-/m0/s1. The van der Waals surface area contributed by atoms with E-state index in [1.165, 1.54) is 0 Å². The van der Waals surface area contributed by atoms with Crippen molar-refractivity contribution in [1.82, 2.24) is 9.80 Å². The molecule has 0 spiro atoms. The maximum absolute atomic E-state index is 12.6. The first-order valence-electron chi connectivity index (χ1n) is 9.44. The fourth-order valence-corrected chi connectivity index (χ4v) is 3.48. The molecule has 1 aromatic carbocycles. The molecule has 0 unspecified atom stereocenters. The van der Waals surface area contributed by atoms with Crippen LogP contribution in [-0.2, 0) is 9.53 Å². The van der Waals surface area contributed by atoms with E-state index in [1.54, 1.807) is 24.0 Å². The maximum atomic E-state index is 12.6. The fourth-order valence-electron chi connectivity index (χ4n) is 3.48. The zero-order valence-corrected chi connectivity index (χ0v) is 15.9. The topological polar surface area (TPSA) is 94.1 Å². The van der Waals surface area contributed by atoms with Crippen molar-refractivity contribution in [2.45, 2.75) is 32.4 Å². The molecule has 8 heteroatoms. The van der Waals surface area contributed by atoms with Crippen molar-refractivity contribution in [3.63, 3.8) is 0 Å². The Labute approximate surface area is 159 Å². The second kappa shape index (κ2) is 8.69. The molecule has 3 N–H and O–H groups in total. The SMILES string of the molecule is CCC(=O)Nc1cc(NC(=O)N2C[C@H](O)[C@@H](N3CCOCC3)C2)ccc1C. The number of carbonyl (C=O) groups is 2. The fraction of sp³-hybridized carbons (Fsp3) is 0.579. The number of β-amino-alcohol motifs (C(OH)–C–C–N with tert-alkyl or cyclic N) is 1. The van der Waals surface area contributed by atoms with Gasteiger partial charge in [0.1, 0.15) is 0 Å². The van der Waals surface area contributed by atoms with E-state index in [1.807, 2.05) is 13.0 Å². The Morgan fingerprint density at radius 3 is 2.67 bits per heavy atom. The number of carbonyl (C=O) groups excluding carboxylic acids is 2. The van der Waals surface area contributed by atoms with Gasteiger partial charge in [-0.2, -0.15) is 0 Å². The summed E-state index contributed by atoms with van der Waals surface area (Å²) in [5.41, 5.74) is 2.23. The Balaban J connectivity index is 1.62. The molecule has 0 aliphatic carbocycles. The summed E-state index contributed by atoms with van der Waals surface area (Å²) in [6, 6.07) is 5.11. The van der Waals surface area contributed by atoms with Crippen molar-refractivity contribution in [3.05, 3.63) is 23.8 Å². The summed E-state index contributed by atoms with van der Waals surface area (Å²) in [5.74, 6) is -0.0717. The molecule has 0 aromatic heterocycles. The van der Waals surface area contributed by atoms with Crippen LogP contribution >= 0.6 is 0 Å². The first-order chi connectivity index (χ1) is 13.0. The summed E-state index contributed by atoms with van der Waals surface area (Å²) in [6.45, 7) is 7.35. The second-order valence-corrected chi connectivity index (χ2v) is 7.05.